The standard InChI is InChI=1S/C16H22N6O4/c1-6-7-20-14(24)12-13(19(4)16(20)25)17-15-21(8-11(23)26-5)18-9(2)10(3)22(12)15/h10H,6-8H2,1-5H3/t10-/m0/s1. The average Bonchev–Trinajstić information content (AvgIpc) is 3.02. The Morgan fingerprint density at radius 3 is 2.62 bits per heavy atom. The normalized spacial score (nSPS) is 16.6. The highest BCUT2D eigenvalue weighted by atomic mass is 16.5. The number of esters is 1. The van der Waals surface area contributed by atoms with Gasteiger partial charge in [0.05, 0.1) is 18.9 Å². The zero-order chi connectivity index (χ0) is 19.2. The van der Waals surface area contributed by atoms with Gasteiger partial charge in [-0.1, -0.05) is 6.92 Å². The fraction of sp³-hybridized carbons (Fsp3) is 0.562. The summed E-state index contributed by atoms with van der Waals surface area (Å²) < 4.78 is 9.02. The Kier molecular flexibility index (Phi) is 4.43. The van der Waals surface area contributed by atoms with Crippen molar-refractivity contribution in [1.82, 2.24) is 18.7 Å². The van der Waals surface area contributed by atoms with E-state index in [-0.39, 0.29) is 23.8 Å². The summed E-state index contributed by atoms with van der Waals surface area (Å²) in [5.74, 6) is -0.142. The number of hydrazone groups is 1. The zero-order valence-electron chi connectivity index (χ0n) is 15.5. The third-order valence-electron chi connectivity index (χ3n) is 4.61. The molecule has 0 aliphatic carbocycles. The molecule has 0 saturated carbocycles. The molecule has 1 atom stereocenters. The van der Waals surface area contributed by atoms with Crippen molar-refractivity contribution in [1.29, 1.82) is 0 Å². The molecule has 0 spiro atoms. The molecule has 140 valence electrons. The van der Waals surface area contributed by atoms with Crippen LogP contribution in [0.1, 0.15) is 33.2 Å². The number of methoxy groups -OCH3 is 1. The summed E-state index contributed by atoms with van der Waals surface area (Å²) in [6, 6.07) is -0.232. The molecule has 1 aliphatic heterocycles. The molecule has 26 heavy (non-hydrogen) atoms. The van der Waals surface area contributed by atoms with Gasteiger partial charge >= 0.3 is 11.7 Å². The number of rotatable bonds is 4. The molecule has 0 bridgehead atoms. The Morgan fingerprint density at radius 1 is 1.31 bits per heavy atom. The Morgan fingerprint density at radius 2 is 2.00 bits per heavy atom. The summed E-state index contributed by atoms with van der Waals surface area (Å²) in [4.78, 5) is 41.7. The van der Waals surface area contributed by atoms with Crippen LogP contribution >= 0.6 is 0 Å². The third-order valence-corrected chi connectivity index (χ3v) is 4.61. The first-order valence-corrected chi connectivity index (χ1v) is 8.43. The predicted molar refractivity (Wildman–Crippen MR) is 96.7 cm³/mol. The quantitative estimate of drug-likeness (QED) is 0.722. The molecule has 2 aromatic heterocycles. The van der Waals surface area contributed by atoms with Crippen molar-refractivity contribution in [3.8, 4) is 0 Å². The van der Waals surface area contributed by atoms with Crippen molar-refractivity contribution < 1.29 is 9.53 Å². The number of anilines is 1. The summed E-state index contributed by atoms with van der Waals surface area (Å²) in [7, 11) is 2.87. The van der Waals surface area contributed by atoms with Crippen LogP contribution < -0.4 is 16.3 Å². The van der Waals surface area contributed by atoms with Crippen molar-refractivity contribution >= 4 is 28.8 Å². The minimum Gasteiger partial charge on any atom is -0.468 e. The molecular weight excluding hydrogens is 340 g/mol. The summed E-state index contributed by atoms with van der Waals surface area (Å²) in [5.41, 5.74) is 0.519. The maximum atomic E-state index is 13.0. The van der Waals surface area contributed by atoms with Gasteiger partial charge in [-0.2, -0.15) is 10.1 Å². The lowest BCUT2D eigenvalue weighted by molar-refractivity contribution is -0.139. The largest absolute Gasteiger partial charge is 0.468 e. The van der Waals surface area contributed by atoms with Gasteiger partial charge in [0.1, 0.15) is 6.54 Å². The lowest BCUT2D eigenvalue weighted by Gasteiger charge is -2.28. The fourth-order valence-electron chi connectivity index (χ4n) is 3.10. The van der Waals surface area contributed by atoms with E-state index in [1.54, 1.807) is 11.6 Å². The Bertz CT molecular complexity index is 1030. The Balaban J connectivity index is 2.34. The smallest absolute Gasteiger partial charge is 0.332 e. The van der Waals surface area contributed by atoms with Crippen LogP contribution in [0, 0.1) is 0 Å². The maximum Gasteiger partial charge on any atom is 0.332 e. The van der Waals surface area contributed by atoms with E-state index in [0.29, 0.717) is 24.4 Å². The third kappa shape index (κ3) is 2.52. The molecule has 10 nitrogen and oxygen atoms in total. The zero-order valence-corrected chi connectivity index (χ0v) is 15.5. The van der Waals surface area contributed by atoms with E-state index in [1.807, 2.05) is 20.8 Å². The molecule has 0 saturated heterocycles. The van der Waals surface area contributed by atoms with Gasteiger partial charge in [0.15, 0.2) is 11.2 Å². The van der Waals surface area contributed by atoms with Crippen molar-refractivity contribution in [3.05, 3.63) is 20.8 Å². The van der Waals surface area contributed by atoms with Crippen LogP contribution in [0.25, 0.3) is 11.2 Å². The van der Waals surface area contributed by atoms with Crippen LogP contribution in [0.4, 0.5) is 5.95 Å². The van der Waals surface area contributed by atoms with Crippen LogP contribution in [0.5, 0.6) is 0 Å². The average molecular weight is 362 g/mol. The van der Waals surface area contributed by atoms with Gasteiger partial charge in [-0.3, -0.25) is 23.3 Å². The minimum atomic E-state index is -0.480. The number of nitrogens with zero attached hydrogens (tertiary/aromatic N) is 6. The molecule has 0 aromatic carbocycles. The summed E-state index contributed by atoms with van der Waals surface area (Å²) >= 11 is 0. The van der Waals surface area contributed by atoms with Gasteiger partial charge in [-0.15, -0.1) is 0 Å². The van der Waals surface area contributed by atoms with Crippen molar-refractivity contribution in [2.75, 3.05) is 18.7 Å². The number of aromatic nitrogens is 4. The maximum absolute atomic E-state index is 13.0. The van der Waals surface area contributed by atoms with Crippen LogP contribution in [0.3, 0.4) is 0 Å². The van der Waals surface area contributed by atoms with E-state index in [2.05, 4.69) is 10.1 Å². The van der Waals surface area contributed by atoms with Gasteiger partial charge in [-0.25, -0.2) is 9.80 Å². The van der Waals surface area contributed by atoms with Crippen LogP contribution in [-0.2, 0) is 23.1 Å². The first kappa shape index (κ1) is 17.9. The number of hydrogen-bond acceptors (Lipinski definition) is 7. The van der Waals surface area contributed by atoms with E-state index in [9.17, 15) is 14.4 Å². The van der Waals surface area contributed by atoms with Crippen LogP contribution in [0.2, 0.25) is 0 Å². The number of fused-ring (bicyclic) bond motifs is 3. The number of imidazole rings is 1. The monoisotopic (exact) mass is 362 g/mol. The molecule has 0 fully saturated rings. The van der Waals surface area contributed by atoms with Gasteiger partial charge in [0, 0.05) is 13.6 Å². The fourth-order valence-corrected chi connectivity index (χ4v) is 3.10. The second-order valence-corrected chi connectivity index (χ2v) is 6.30. The van der Waals surface area contributed by atoms with Gasteiger partial charge in [0.25, 0.3) is 5.56 Å². The van der Waals surface area contributed by atoms with E-state index in [0.717, 1.165) is 5.71 Å². The van der Waals surface area contributed by atoms with Crippen LogP contribution in [-0.4, -0.2) is 44.0 Å². The van der Waals surface area contributed by atoms with Gasteiger partial charge in [0.2, 0.25) is 5.95 Å². The first-order chi connectivity index (χ1) is 12.3. The van der Waals surface area contributed by atoms with E-state index < -0.39 is 11.7 Å². The lowest BCUT2D eigenvalue weighted by Crippen LogP contribution is -2.40. The highest BCUT2D eigenvalue weighted by Crippen LogP contribution is 2.29. The molecule has 3 rings (SSSR count). The van der Waals surface area contributed by atoms with Crippen molar-refractivity contribution in [2.24, 2.45) is 12.1 Å². The number of hydrogen-bond donors (Lipinski definition) is 0. The summed E-state index contributed by atoms with van der Waals surface area (Å²) in [6.45, 7) is 5.81. The highest BCUT2D eigenvalue weighted by molar-refractivity contribution is 5.92. The molecule has 2 aromatic rings. The van der Waals surface area contributed by atoms with E-state index >= 15 is 0 Å². The molecule has 0 amide bonds. The summed E-state index contributed by atoms with van der Waals surface area (Å²) in [6.07, 6.45) is 0.659. The molecule has 0 radical (unpaired) electrons. The molecule has 10 heteroatoms. The number of carbonyl (C=O) groups is 1. The second kappa shape index (κ2) is 6.43. The molecule has 0 N–H and O–H groups in total. The number of ether oxygens (including phenoxy) is 1. The van der Waals surface area contributed by atoms with E-state index in [1.165, 1.54) is 21.3 Å². The van der Waals surface area contributed by atoms with Gasteiger partial charge < -0.3 is 4.74 Å². The number of aryl methyl sites for hydroxylation is 1. The van der Waals surface area contributed by atoms with Gasteiger partial charge in [-0.05, 0) is 20.3 Å². The van der Waals surface area contributed by atoms with Crippen LogP contribution in [0.15, 0.2) is 14.7 Å². The predicted octanol–water partition coefficient (Wildman–Crippen LogP) is 0.237. The van der Waals surface area contributed by atoms with Crippen molar-refractivity contribution in [2.45, 2.75) is 39.8 Å². The highest BCUT2D eigenvalue weighted by Gasteiger charge is 2.31. The first-order valence-electron chi connectivity index (χ1n) is 8.43. The topological polar surface area (TPSA) is 104 Å². The molecule has 1 aliphatic rings. The lowest BCUT2D eigenvalue weighted by atomic mass is 10.2. The molecular formula is C16H22N6O4. The SMILES string of the molecule is CCCn1c(=O)c2c(nc3n2[C@@H](C)C(C)=NN3CC(=O)OC)n(C)c1=O. The Labute approximate surface area is 149 Å². The van der Waals surface area contributed by atoms with Crippen molar-refractivity contribution in [3.63, 3.8) is 0 Å². The second-order valence-electron chi connectivity index (χ2n) is 6.30. The Hall–Kier alpha value is -2.91. The molecule has 3 heterocycles. The molecule has 0 unspecified atom stereocenters. The minimum absolute atomic E-state index is 0.138. The van der Waals surface area contributed by atoms with E-state index in [4.69, 9.17) is 4.74 Å². The number of carbonyl (C=O) groups excluding carboxylic acids is 1. The summed E-state index contributed by atoms with van der Waals surface area (Å²) in [5, 5.41) is 5.80.